The third-order valence-corrected chi connectivity index (χ3v) is 6.94. The van der Waals surface area contributed by atoms with Crippen molar-refractivity contribution in [3.8, 4) is 5.75 Å². The first kappa shape index (κ1) is 21.5. The molecule has 0 aromatic heterocycles. The maximum atomic E-state index is 6.36. The Hall–Kier alpha value is -0.500. The van der Waals surface area contributed by atoms with Crippen LogP contribution in [0.25, 0.3) is 0 Å². The van der Waals surface area contributed by atoms with E-state index in [1.807, 2.05) is 30.3 Å². The van der Waals surface area contributed by atoms with Crippen LogP contribution in [0.5, 0.6) is 5.75 Å². The van der Waals surface area contributed by atoms with Crippen LogP contribution in [0.1, 0.15) is 91.9 Å². The van der Waals surface area contributed by atoms with E-state index in [2.05, 4.69) is 43.6 Å². The number of ether oxygens (including phenoxy) is 1. The third kappa shape index (κ3) is 7.17. The summed E-state index contributed by atoms with van der Waals surface area (Å²) in [4.78, 5) is 0. The summed E-state index contributed by atoms with van der Waals surface area (Å²) in [5.41, 5.74) is 0.0970. The van der Waals surface area contributed by atoms with Crippen molar-refractivity contribution in [2.45, 2.75) is 96.4 Å². The van der Waals surface area contributed by atoms with Gasteiger partial charge in [-0.1, -0.05) is 97.3 Å². The highest BCUT2D eigenvalue weighted by Gasteiger charge is 2.43. The van der Waals surface area contributed by atoms with Crippen LogP contribution in [-0.2, 0) is 0 Å². The van der Waals surface area contributed by atoms with Crippen molar-refractivity contribution >= 4 is 15.9 Å². The zero-order chi connectivity index (χ0) is 17.9. The smallest absolute Gasteiger partial charge is 0.168 e. The molecule has 1 aromatic rings. The van der Waals surface area contributed by atoms with E-state index in [1.165, 1.54) is 57.8 Å². The lowest BCUT2D eigenvalue weighted by Crippen LogP contribution is -2.43. The molecule has 1 atom stereocenters. The lowest BCUT2D eigenvalue weighted by Gasteiger charge is -2.42. The largest absolute Gasteiger partial charge is 0.476 e. The normalized spacial score (nSPS) is 14.4. The summed E-state index contributed by atoms with van der Waals surface area (Å²) >= 11 is 3.93. The summed E-state index contributed by atoms with van der Waals surface area (Å²) in [5, 5.41) is 0. The van der Waals surface area contributed by atoms with Crippen LogP contribution in [0.2, 0.25) is 0 Å². The number of hydrogen-bond donors (Lipinski definition) is 0. The van der Waals surface area contributed by atoms with Gasteiger partial charge >= 0.3 is 0 Å². The van der Waals surface area contributed by atoms with Gasteiger partial charge in [-0.3, -0.25) is 0 Å². The first-order valence-electron chi connectivity index (χ1n) is 9.88. The van der Waals surface area contributed by atoms with E-state index in [1.54, 1.807) is 0 Å². The lowest BCUT2D eigenvalue weighted by molar-refractivity contribution is 0.0352. The molecule has 0 aliphatic rings. The zero-order valence-corrected chi connectivity index (χ0v) is 17.8. The van der Waals surface area contributed by atoms with Crippen LogP contribution >= 0.6 is 15.9 Å². The molecule has 24 heavy (non-hydrogen) atoms. The van der Waals surface area contributed by atoms with Crippen molar-refractivity contribution in [1.29, 1.82) is 0 Å². The molecule has 0 saturated heterocycles. The predicted octanol–water partition coefficient (Wildman–Crippen LogP) is 8.12. The summed E-state index contributed by atoms with van der Waals surface area (Å²) in [7, 11) is 0. The third-order valence-electron chi connectivity index (χ3n) is 5.14. The molecule has 1 aromatic carbocycles. The van der Waals surface area contributed by atoms with Gasteiger partial charge in [-0.25, -0.2) is 0 Å². The lowest BCUT2D eigenvalue weighted by atomic mass is 9.79. The van der Waals surface area contributed by atoms with Crippen molar-refractivity contribution in [2.24, 2.45) is 5.41 Å². The van der Waals surface area contributed by atoms with Crippen LogP contribution in [0.3, 0.4) is 0 Å². The van der Waals surface area contributed by atoms with Gasteiger partial charge in [0.1, 0.15) is 5.75 Å². The van der Waals surface area contributed by atoms with Gasteiger partial charge in [-0.2, -0.15) is 0 Å². The number of rotatable bonds is 13. The Bertz CT molecular complexity index is 429. The Morgan fingerprint density at radius 2 is 1.38 bits per heavy atom. The van der Waals surface area contributed by atoms with Crippen molar-refractivity contribution in [2.75, 3.05) is 0 Å². The maximum absolute atomic E-state index is 6.36. The number of para-hydroxylation sites is 1. The minimum atomic E-state index is -0.303. The Morgan fingerprint density at radius 1 is 0.833 bits per heavy atom. The van der Waals surface area contributed by atoms with Crippen LogP contribution in [0.4, 0.5) is 0 Å². The Labute approximate surface area is 158 Å². The van der Waals surface area contributed by atoms with Gasteiger partial charge in [0.15, 0.2) is 4.51 Å². The van der Waals surface area contributed by atoms with E-state index < -0.39 is 0 Å². The Morgan fingerprint density at radius 3 is 1.92 bits per heavy atom. The summed E-state index contributed by atoms with van der Waals surface area (Å²) in [5.74, 6) is 0.945. The Kier molecular flexibility index (Phi) is 10.0. The molecule has 0 amide bonds. The van der Waals surface area contributed by atoms with E-state index in [-0.39, 0.29) is 9.93 Å². The summed E-state index contributed by atoms with van der Waals surface area (Å²) < 4.78 is 6.05. The molecule has 0 bridgehead atoms. The van der Waals surface area contributed by atoms with Crippen LogP contribution in [0.15, 0.2) is 30.3 Å². The molecule has 0 heterocycles. The average Bonchev–Trinajstić information content (AvgIpc) is 2.58. The highest BCUT2D eigenvalue weighted by Crippen LogP contribution is 2.46. The van der Waals surface area contributed by atoms with Crippen molar-refractivity contribution in [3.05, 3.63) is 30.3 Å². The quantitative estimate of drug-likeness (QED) is 0.241. The minimum absolute atomic E-state index is 0.0970. The van der Waals surface area contributed by atoms with Gasteiger partial charge in [0.2, 0.25) is 0 Å². The number of halogens is 1. The molecule has 0 spiro atoms. The fourth-order valence-corrected chi connectivity index (χ4v) is 3.64. The molecule has 1 rings (SSSR count). The van der Waals surface area contributed by atoms with Gasteiger partial charge < -0.3 is 4.74 Å². The number of alkyl halides is 1. The highest BCUT2D eigenvalue weighted by molar-refractivity contribution is 9.10. The standard InChI is InChI=1S/C22H37BrO/c1-5-7-8-9-10-11-12-16-19-21(3,4)22(23,6-2)24-20-17-14-13-15-18-20/h13-15,17-18H,5-12,16,19H2,1-4H3. The van der Waals surface area contributed by atoms with E-state index in [0.717, 1.165) is 12.2 Å². The van der Waals surface area contributed by atoms with Gasteiger partial charge in [-0.15, -0.1) is 0 Å². The van der Waals surface area contributed by atoms with E-state index >= 15 is 0 Å². The molecule has 0 radical (unpaired) electrons. The molecule has 1 unspecified atom stereocenters. The number of hydrogen-bond acceptors (Lipinski definition) is 1. The SMILES string of the molecule is CCCCCCCCCCC(C)(C)C(Br)(CC)Oc1ccccc1. The predicted molar refractivity (Wildman–Crippen MR) is 110 cm³/mol. The van der Waals surface area contributed by atoms with Crippen LogP contribution < -0.4 is 4.74 Å². The van der Waals surface area contributed by atoms with Gasteiger partial charge in [0.05, 0.1) is 0 Å². The molecule has 1 nitrogen and oxygen atoms in total. The molecule has 0 saturated carbocycles. The van der Waals surface area contributed by atoms with Gasteiger partial charge in [0.25, 0.3) is 0 Å². The fourth-order valence-electron chi connectivity index (χ4n) is 3.25. The second kappa shape index (κ2) is 11.2. The summed E-state index contributed by atoms with van der Waals surface area (Å²) in [6.07, 6.45) is 13.1. The van der Waals surface area contributed by atoms with Crippen LogP contribution in [0, 0.1) is 5.41 Å². The fraction of sp³-hybridized carbons (Fsp3) is 0.727. The number of unbranched alkanes of at least 4 members (excludes halogenated alkanes) is 7. The van der Waals surface area contributed by atoms with Crippen molar-refractivity contribution in [3.63, 3.8) is 0 Å². The average molecular weight is 397 g/mol. The number of benzene rings is 1. The zero-order valence-electron chi connectivity index (χ0n) is 16.2. The molecule has 0 aliphatic carbocycles. The summed E-state index contributed by atoms with van der Waals surface area (Å²) in [6, 6.07) is 10.2. The highest BCUT2D eigenvalue weighted by atomic mass is 79.9. The monoisotopic (exact) mass is 396 g/mol. The summed E-state index contributed by atoms with van der Waals surface area (Å²) in [6.45, 7) is 9.14. The Balaban J connectivity index is 2.40. The van der Waals surface area contributed by atoms with Crippen molar-refractivity contribution < 1.29 is 4.74 Å². The second-order valence-corrected chi connectivity index (χ2v) is 8.89. The topological polar surface area (TPSA) is 9.23 Å². The van der Waals surface area contributed by atoms with Crippen LogP contribution in [-0.4, -0.2) is 4.51 Å². The molecular weight excluding hydrogens is 360 g/mol. The van der Waals surface area contributed by atoms with Gasteiger partial charge in [-0.05, 0) is 40.9 Å². The first-order chi connectivity index (χ1) is 11.4. The van der Waals surface area contributed by atoms with E-state index in [9.17, 15) is 0 Å². The minimum Gasteiger partial charge on any atom is -0.476 e. The molecule has 0 N–H and O–H groups in total. The van der Waals surface area contributed by atoms with E-state index in [4.69, 9.17) is 4.74 Å². The maximum Gasteiger partial charge on any atom is 0.168 e. The molecular formula is C22H37BrO. The van der Waals surface area contributed by atoms with Crippen molar-refractivity contribution in [1.82, 2.24) is 0 Å². The first-order valence-corrected chi connectivity index (χ1v) is 10.7. The molecule has 2 heteroatoms. The van der Waals surface area contributed by atoms with Gasteiger partial charge in [0, 0.05) is 5.41 Å². The second-order valence-electron chi connectivity index (χ2n) is 7.61. The molecule has 0 fully saturated rings. The van der Waals surface area contributed by atoms with E-state index in [0.29, 0.717) is 0 Å². The molecule has 0 aliphatic heterocycles. The molecule has 138 valence electrons.